The highest BCUT2D eigenvalue weighted by atomic mass is 16.5. The predicted molar refractivity (Wildman–Crippen MR) is 97.2 cm³/mol. The van der Waals surface area contributed by atoms with Crippen molar-refractivity contribution >= 4 is 5.91 Å². The van der Waals surface area contributed by atoms with Gasteiger partial charge in [0.05, 0.1) is 30.3 Å². The molecule has 1 N–H and O–H groups in total. The molecule has 0 aliphatic rings. The molecule has 0 unspecified atom stereocenters. The lowest BCUT2D eigenvalue weighted by Crippen LogP contribution is -2.23. The van der Waals surface area contributed by atoms with Crippen LogP contribution in [0.1, 0.15) is 27.2 Å². The highest BCUT2D eigenvalue weighted by molar-refractivity contribution is 5.95. The van der Waals surface area contributed by atoms with E-state index < -0.39 is 0 Å². The lowest BCUT2D eigenvalue weighted by molar-refractivity contribution is 0.0950. The minimum Gasteiger partial charge on any atom is -0.496 e. The highest BCUT2D eigenvalue weighted by Gasteiger charge is 2.15. The first-order chi connectivity index (χ1) is 12.1. The molecule has 5 heteroatoms. The van der Waals surface area contributed by atoms with E-state index in [0.717, 1.165) is 28.3 Å². The molecule has 0 radical (unpaired) electrons. The van der Waals surface area contributed by atoms with Gasteiger partial charge >= 0.3 is 0 Å². The molecule has 128 valence electrons. The summed E-state index contributed by atoms with van der Waals surface area (Å²) in [5, 5.41) is 7.30. The molecule has 0 aliphatic heterocycles. The fourth-order valence-electron chi connectivity index (χ4n) is 2.77. The van der Waals surface area contributed by atoms with E-state index in [2.05, 4.69) is 10.4 Å². The first kappa shape index (κ1) is 16.8. The van der Waals surface area contributed by atoms with Gasteiger partial charge in [-0.2, -0.15) is 5.10 Å². The number of hydrogen-bond donors (Lipinski definition) is 1. The minimum atomic E-state index is -0.151. The molecule has 0 bridgehead atoms. The number of para-hydroxylation sites is 1. The van der Waals surface area contributed by atoms with Crippen LogP contribution in [0.3, 0.4) is 0 Å². The summed E-state index contributed by atoms with van der Waals surface area (Å²) in [7, 11) is 1.62. The number of amides is 1. The molecule has 25 heavy (non-hydrogen) atoms. The quantitative estimate of drug-likeness (QED) is 0.777. The number of rotatable bonds is 5. The fraction of sp³-hybridized carbons (Fsp3) is 0.200. The van der Waals surface area contributed by atoms with Crippen LogP contribution in [0.15, 0.2) is 54.7 Å². The summed E-state index contributed by atoms with van der Waals surface area (Å²) in [6, 6.07) is 15.7. The molecule has 3 aromatic rings. The number of methoxy groups -OCH3 is 1. The number of hydrogen-bond acceptors (Lipinski definition) is 3. The summed E-state index contributed by atoms with van der Waals surface area (Å²) in [5.74, 6) is 0.609. The van der Waals surface area contributed by atoms with Crippen LogP contribution < -0.4 is 10.1 Å². The van der Waals surface area contributed by atoms with E-state index in [9.17, 15) is 4.79 Å². The van der Waals surface area contributed by atoms with Crippen molar-refractivity contribution in [1.82, 2.24) is 15.1 Å². The maximum atomic E-state index is 12.5. The SMILES string of the molecule is COc1ccccc1CNC(=O)c1cnn(-c2cccc(C)c2)c1C. The molecule has 1 heterocycles. The van der Waals surface area contributed by atoms with Crippen LogP contribution in [0, 0.1) is 13.8 Å². The van der Waals surface area contributed by atoms with Gasteiger partial charge in [-0.15, -0.1) is 0 Å². The van der Waals surface area contributed by atoms with E-state index in [0.29, 0.717) is 12.1 Å². The number of nitrogens with one attached hydrogen (secondary N) is 1. The first-order valence-electron chi connectivity index (χ1n) is 8.12. The fourth-order valence-corrected chi connectivity index (χ4v) is 2.77. The van der Waals surface area contributed by atoms with Crippen molar-refractivity contribution in [1.29, 1.82) is 0 Å². The van der Waals surface area contributed by atoms with Gasteiger partial charge in [0.1, 0.15) is 5.75 Å². The van der Waals surface area contributed by atoms with Crippen molar-refractivity contribution in [3.63, 3.8) is 0 Å². The number of nitrogens with zero attached hydrogens (tertiary/aromatic N) is 2. The van der Waals surface area contributed by atoms with Crippen LogP contribution in [0.25, 0.3) is 5.69 Å². The van der Waals surface area contributed by atoms with Gasteiger partial charge in [-0.25, -0.2) is 4.68 Å². The second-order valence-corrected chi connectivity index (χ2v) is 5.89. The summed E-state index contributed by atoms with van der Waals surface area (Å²) >= 11 is 0. The van der Waals surface area contributed by atoms with Crippen molar-refractivity contribution in [3.8, 4) is 11.4 Å². The second kappa shape index (κ2) is 7.21. The molecule has 0 saturated carbocycles. The van der Waals surface area contributed by atoms with Gasteiger partial charge in [-0.1, -0.05) is 30.3 Å². The molecule has 0 atom stereocenters. The third kappa shape index (κ3) is 3.55. The van der Waals surface area contributed by atoms with Crippen LogP contribution in [-0.2, 0) is 6.54 Å². The molecule has 0 fully saturated rings. The Morgan fingerprint density at radius 3 is 2.72 bits per heavy atom. The zero-order chi connectivity index (χ0) is 17.8. The van der Waals surface area contributed by atoms with Crippen molar-refractivity contribution in [2.45, 2.75) is 20.4 Å². The average Bonchev–Trinajstić information content (AvgIpc) is 3.01. The van der Waals surface area contributed by atoms with Crippen LogP contribution in [-0.4, -0.2) is 22.8 Å². The molecule has 3 rings (SSSR count). The van der Waals surface area contributed by atoms with Gasteiger partial charge in [0.25, 0.3) is 5.91 Å². The third-order valence-corrected chi connectivity index (χ3v) is 4.13. The van der Waals surface area contributed by atoms with Crippen molar-refractivity contribution in [2.24, 2.45) is 0 Å². The van der Waals surface area contributed by atoms with Gasteiger partial charge < -0.3 is 10.1 Å². The Labute approximate surface area is 147 Å². The van der Waals surface area contributed by atoms with E-state index in [4.69, 9.17) is 4.74 Å². The second-order valence-electron chi connectivity index (χ2n) is 5.89. The summed E-state index contributed by atoms with van der Waals surface area (Å²) < 4.78 is 7.10. The molecule has 2 aromatic carbocycles. The molecule has 1 aromatic heterocycles. The Balaban J connectivity index is 1.77. The summed E-state index contributed by atoms with van der Waals surface area (Å²) in [4.78, 5) is 12.5. The predicted octanol–water partition coefficient (Wildman–Crippen LogP) is 3.43. The van der Waals surface area contributed by atoms with Crippen molar-refractivity contribution in [2.75, 3.05) is 7.11 Å². The molecular formula is C20H21N3O2. The molecule has 0 aliphatic carbocycles. The number of ether oxygens (including phenoxy) is 1. The minimum absolute atomic E-state index is 0.151. The summed E-state index contributed by atoms with van der Waals surface area (Å²) in [5.41, 5.74) is 4.40. The van der Waals surface area contributed by atoms with E-state index >= 15 is 0 Å². The maximum Gasteiger partial charge on any atom is 0.255 e. The number of carbonyl (C=O) groups is 1. The van der Waals surface area contributed by atoms with Crippen LogP contribution in [0.2, 0.25) is 0 Å². The molecule has 0 spiro atoms. The number of carbonyl (C=O) groups excluding carboxylic acids is 1. The molecular weight excluding hydrogens is 314 g/mol. The Kier molecular flexibility index (Phi) is 4.84. The van der Waals surface area contributed by atoms with Gasteiger partial charge in [-0.3, -0.25) is 4.79 Å². The molecule has 0 saturated heterocycles. The maximum absolute atomic E-state index is 12.5. The number of benzene rings is 2. The Morgan fingerprint density at radius 2 is 1.96 bits per heavy atom. The normalized spacial score (nSPS) is 10.5. The highest BCUT2D eigenvalue weighted by Crippen LogP contribution is 2.18. The average molecular weight is 335 g/mol. The Hall–Kier alpha value is -3.08. The first-order valence-corrected chi connectivity index (χ1v) is 8.12. The van der Waals surface area contributed by atoms with E-state index in [1.807, 2.05) is 62.4 Å². The lowest BCUT2D eigenvalue weighted by atomic mass is 10.2. The zero-order valence-electron chi connectivity index (χ0n) is 14.6. The Bertz CT molecular complexity index is 899. The largest absolute Gasteiger partial charge is 0.496 e. The van der Waals surface area contributed by atoms with Crippen molar-refractivity contribution in [3.05, 3.63) is 77.1 Å². The molecule has 5 nitrogen and oxygen atoms in total. The smallest absolute Gasteiger partial charge is 0.255 e. The molecule has 1 amide bonds. The number of aromatic nitrogens is 2. The zero-order valence-corrected chi connectivity index (χ0v) is 14.6. The third-order valence-electron chi connectivity index (χ3n) is 4.13. The lowest BCUT2D eigenvalue weighted by Gasteiger charge is -2.10. The van der Waals surface area contributed by atoms with Crippen LogP contribution >= 0.6 is 0 Å². The topological polar surface area (TPSA) is 56.1 Å². The van der Waals surface area contributed by atoms with Gasteiger partial charge in [0.2, 0.25) is 0 Å². The monoisotopic (exact) mass is 335 g/mol. The number of aryl methyl sites for hydroxylation is 1. The summed E-state index contributed by atoms with van der Waals surface area (Å²) in [6.45, 7) is 4.33. The van der Waals surface area contributed by atoms with E-state index in [1.165, 1.54) is 0 Å². The van der Waals surface area contributed by atoms with Crippen molar-refractivity contribution < 1.29 is 9.53 Å². The summed E-state index contributed by atoms with van der Waals surface area (Å²) in [6.07, 6.45) is 1.61. The Morgan fingerprint density at radius 1 is 1.16 bits per heavy atom. The van der Waals surface area contributed by atoms with E-state index in [-0.39, 0.29) is 5.91 Å². The van der Waals surface area contributed by atoms with Gasteiger partial charge in [0.15, 0.2) is 0 Å². The van der Waals surface area contributed by atoms with E-state index in [1.54, 1.807) is 18.0 Å². The van der Waals surface area contributed by atoms with Crippen LogP contribution in [0.4, 0.5) is 0 Å². The van der Waals surface area contributed by atoms with Crippen LogP contribution in [0.5, 0.6) is 5.75 Å². The standard InChI is InChI=1S/C20H21N3O2/c1-14-7-6-9-17(11-14)23-15(2)18(13-22-23)20(24)21-12-16-8-4-5-10-19(16)25-3/h4-11,13H,12H2,1-3H3,(H,21,24). The van der Waals surface area contributed by atoms with Gasteiger partial charge in [0, 0.05) is 12.1 Å². The van der Waals surface area contributed by atoms with Gasteiger partial charge in [-0.05, 0) is 37.6 Å².